The molecule has 0 bridgehead atoms. The number of rotatable bonds is 6. The summed E-state index contributed by atoms with van der Waals surface area (Å²) >= 11 is 1.32. The van der Waals surface area contributed by atoms with Gasteiger partial charge in [-0.3, -0.25) is 14.2 Å². The van der Waals surface area contributed by atoms with Crippen molar-refractivity contribution in [2.75, 3.05) is 18.5 Å². The number of carbonyl (C=O) groups excluding carboxylic acids is 1. The van der Waals surface area contributed by atoms with E-state index < -0.39 is 0 Å². The highest BCUT2D eigenvalue weighted by atomic mass is 32.1. The van der Waals surface area contributed by atoms with Crippen molar-refractivity contribution in [1.82, 2.24) is 9.55 Å². The quantitative estimate of drug-likeness (QED) is 0.705. The molecule has 1 saturated heterocycles. The number of carbonyl (C=O) groups is 1. The third-order valence-corrected chi connectivity index (χ3v) is 5.25. The van der Waals surface area contributed by atoms with E-state index in [1.165, 1.54) is 22.2 Å². The lowest BCUT2D eigenvalue weighted by atomic mass is 10.2. The molecule has 27 heavy (non-hydrogen) atoms. The molecule has 1 N–H and O–H groups in total. The smallest absolute Gasteiger partial charge is 0.271 e. The van der Waals surface area contributed by atoms with E-state index in [1.54, 1.807) is 18.2 Å². The summed E-state index contributed by atoms with van der Waals surface area (Å²) in [5.41, 5.74) is 1.00. The third kappa shape index (κ3) is 4.01. The van der Waals surface area contributed by atoms with Crippen molar-refractivity contribution in [1.29, 1.82) is 0 Å². The fraction of sp³-hybridized carbons (Fsp3) is 0.316. The number of thiophene rings is 1. The summed E-state index contributed by atoms with van der Waals surface area (Å²) in [6.07, 6.45) is 3.52. The highest BCUT2D eigenvalue weighted by molar-refractivity contribution is 7.17. The van der Waals surface area contributed by atoms with Crippen LogP contribution < -0.4 is 15.6 Å². The summed E-state index contributed by atoms with van der Waals surface area (Å²) in [7, 11) is 0. The van der Waals surface area contributed by atoms with Gasteiger partial charge in [0.1, 0.15) is 23.6 Å². The molecule has 1 aromatic carbocycles. The van der Waals surface area contributed by atoms with Gasteiger partial charge in [0.15, 0.2) is 0 Å². The van der Waals surface area contributed by atoms with E-state index in [0.717, 1.165) is 19.4 Å². The Morgan fingerprint density at radius 1 is 1.37 bits per heavy atom. The summed E-state index contributed by atoms with van der Waals surface area (Å²) in [4.78, 5) is 29.1. The zero-order valence-electron chi connectivity index (χ0n) is 14.6. The number of amides is 1. The Hall–Kier alpha value is -2.71. The van der Waals surface area contributed by atoms with Crippen molar-refractivity contribution in [2.24, 2.45) is 0 Å². The molecule has 1 unspecified atom stereocenters. The van der Waals surface area contributed by atoms with E-state index in [0.29, 0.717) is 28.3 Å². The van der Waals surface area contributed by atoms with Gasteiger partial charge in [-0.25, -0.2) is 4.98 Å². The van der Waals surface area contributed by atoms with Crippen molar-refractivity contribution in [2.45, 2.75) is 25.5 Å². The van der Waals surface area contributed by atoms with Crippen LogP contribution in [0.5, 0.6) is 5.75 Å². The Bertz CT molecular complexity index is 1010. The van der Waals surface area contributed by atoms with Crippen LogP contribution in [0.4, 0.5) is 5.69 Å². The molecule has 3 aromatic rings. The lowest BCUT2D eigenvalue weighted by Gasteiger charge is -2.15. The van der Waals surface area contributed by atoms with Gasteiger partial charge in [-0.05, 0) is 36.4 Å². The first-order chi connectivity index (χ1) is 13.2. The van der Waals surface area contributed by atoms with Gasteiger partial charge in [-0.2, -0.15) is 0 Å². The van der Waals surface area contributed by atoms with Gasteiger partial charge in [0.2, 0.25) is 5.91 Å². The zero-order valence-corrected chi connectivity index (χ0v) is 15.4. The second-order valence-corrected chi connectivity index (χ2v) is 7.22. The molecule has 1 amide bonds. The fourth-order valence-corrected chi connectivity index (χ4v) is 3.78. The minimum absolute atomic E-state index is 0.0935. The number of para-hydroxylation sites is 2. The molecular formula is C19H19N3O4S. The van der Waals surface area contributed by atoms with Crippen molar-refractivity contribution in [3.8, 4) is 5.75 Å². The van der Waals surface area contributed by atoms with E-state index in [1.807, 2.05) is 17.5 Å². The molecule has 0 spiro atoms. The molecule has 1 aliphatic rings. The Morgan fingerprint density at radius 2 is 2.26 bits per heavy atom. The van der Waals surface area contributed by atoms with Crippen LogP contribution in [-0.2, 0) is 16.1 Å². The lowest BCUT2D eigenvalue weighted by Crippen LogP contribution is -2.27. The van der Waals surface area contributed by atoms with Crippen LogP contribution >= 0.6 is 11.3 Å². The predicted octanol–water partition coefficient (Wildman–Crippen LogP) is 2.65. The number of nitrogens with zero attached hydrogens (tertiary/aromatic N) is 2. The van der Waals surface area contributed by atoms with Gasteiger partial charge >= 0.3 is 0 Å². The first-order valence-corrected chi connectivity index (χ1v) is 9.64. The maximum atomic E-state index is 12.4. The zero-order chi connectivity index (χ0) is 18.6. The molecule has 1 fully saturated rings. The number of benzene rings is 1. The van der Waals surface area contributed by atoms with Crippen LogP contribution in [0, 0.1) is 0 Å². The van der Waals surface area contributed by atoms with Crippen molar-refractivity contribution in [3.05, 3.63) is 52.4 Å². The summed E-state index contributed by atoms with van der Waals surface area (Å²) in [6.45, 7) is 1.11. The predicted molar refractivity (Wildman–Crippen MR) is 103 cm³/mol. The van der Waals surface area contributed by atoms with Crippen LogP contribution in [0.15, 0.2) is 46.8 Å². The first-order valence-electron chi connectivity index (χ1n) is 8.76. The fourth-order valence-electron chi connectivity index (χ4n) is 2.99. The van der Waals surface area contributed by atoms with Crippen LogP contribution in [-0.4, -0.2) is 34.8 Å². The van der Waals surface area contributed by atoms with Crippen LogP contribution in [0.2, 0.25) is 0 Å². The van der Waals surface area contributed by atoms with Crippen molar-refractivity contribution >= 4 is 33.1 Å². The average molecular weight is 385 g/mol. The third-order valence-electron chi connectivity index (χ3n) is 4.36. The van der Waals surface area contributed by atoms with Gasteiger partial charge in [0.25, 0.3) is 5.56 Å². The van der Waals surface area contributed by atoms with Gasteiger partial charge in [-0.15, -0.1) is 11.3 Å². The Balaban J connectivity index is 1.44. The monoisotopic (exact) mass is 385 g/mol. The van der Waals surface area contributed by atoms with Crippen molar-refractivity contribution in [3.63, 3.8) is 0 Å². The maximum Gasteiger partial charge on any atom is 0.271 e. The van der Waals surface area contributed by atoms with Crippen molar-refractivity contribution < 1.29 is 14.3 Å². The number of anilines is 1. The van der Waals surface area contributed by atoms with E-state index in [4.69, 9.17) is 9.47 Å². The molecule has 0 aliphatic carbocycles. The van der Waals surface area contributed by atoms with Crippen LogP contribution in [0.25, 0.3) is 10.2 Å². The minimum Gasteiger partial charge on any atom is -0.489 e. The molecule has 3 heterocycles. The normalized spacial score (nSPS) is 16.5. The molecular weight excluding hydrogens is 366 g/mol. The molecule has 140 valence electrons. The molecule has 2 aromatic heterocycles. The standard InChI is InChI=1S/C19H19N3O4S/c23-17(10-22-12-20-15-7-9-27-18(15)19(22)24)21-14-5-1-2-6-16(14)26-11-13-4-3-8-25-13/h1-2,5-7,9,12-13H,3-4,8,10-11H2,(H,21,23). The molecule has 0 saturated carbocycles. The Kier molecular flexibility index (Phi) is 5.17. The minimum atomic E-state index is -0.317. The second kappa shape index (κ2) is 7.89. The Morgan fingerprint density at radius 3 is 3.11 bits per heavy atom. The molecule has 1 aliphatic heterocycles. The molecule has 8 heteroatoms. The summed E-state index contributed by atoms with van der Waals surface area (Å²) in [5.74, 6) is 0.267. The summed E-state index contributed by atoms with van der Waals surface area (Å²) < 4.78 is 13.2. The van der Waals surface area contributed by atoms with Crippen LogP contribution in [0.3, 0.4) is 0 Å². The maximum absolute atomic E-state index is 12.4. The van der Waals surface area contributed by atoms with E-state index in [-0.39, 0.29) is 24.1 Å². The average Bonchev–Trinajstić information content (AvgIpc) is 3.35. The number of nitrogens with one attached hydrogen (secondary N) is 1. The summed E-state index contributed by atoms with van der Waals surface area (Å²) in [6, 6.07) is 9.02. The largest absolute Gasteiger partial charge is 0.489 e. The number of fused-ring (bicyclic) bond motifs is 1. The highest BCUT2D eigenvalue weighted by Crippen LogP contribution is 2.25. The second-order valence-electron chi connectivity index (χ2n) is 6.30. The summed E-state index contributed by atoms with van der Waals surface area (Å²) in [5, 5.41) is 4.63. The van der Waals surface area contributed by atoms with Crippen LogP contribution in [0.1, 0.15) is 12.8 Å². The van der Waals surface area contributed by atoms with Gasteiger partial charge in [-0.1, -0.05) is 12.1 Å². The number of ether oxygens (including phenoxy) is 2. The number of hydrogen-bond donors (Lipinski definition) is 1. The van der Waals surface area contributed by atoms with E-state index >= 15 is 0 Å². The SMILES string of the molecule is O=C(Cn1cnc2ccsc2c1=O)Nc1ccccc1OCC1CCCO1. The number of hydrogen-bond acceptors (Lipinski definition) is 6. The van der Waals surface area contributed by atoms with Gasteiger partial charge < -0.3 is 14.8 Å². The van der Waals surface area contributed by atoms with Gasteiger partial charge in [0.05, 0.1) is 23.6 Å². The molecule has 7 nitrogen and oxygen atoms in total. The first kappa shape index (κ1) is 17.7. The lowest BCUT2D eigenvalue weighted by molar-refractivity contribution is -0.116. The van der Waals surface area contributed by atoms with Gasteiger partial charge in [0, 0.05) is 6.61 Å². The highest BCUT2D eigenvalue weighted by Gasteiger charge is 2.17. The molecule has 4 rings (SSSR count). The number of aromatic nitrogens is 2. The topological polar surface area (TPSA) is 82.5 Å². The molecule has 0 radical (unpaired) electrons. The molecule has 1 atom stereocenters. The Labute approximate surface area is 159 Å². The van der Waals surface area contributed by atoms with E-state index in [2.05, 4.69) is 10.3 Å². The van der Waals surface area contributed by atoms with E-state index in [9.17, 15) is 9.59 Å².